The van der Waals surface area contributed by atoms with Crippen LogP contribution < -0.4 is 10.2 Å². The molecule has 0 amide bonds. The number of carboxylic acid groups (broad SMARTS) is 2. The van der Waals surface area contributed by atoms with Gasteiger partial charge in [0.2, 0.25) is 0 Å². The normalized spacial score (nSPS) is 7.08. The molecule has 1 N–H and O–H groups in total. The Morgan fingerprint density at radius 3 is 1.23 bits per heavy atom. The Labute approximate surface area is 108 Å². The molecule has 0 saturated carbocycles. The van der Waals surface area contributed by atoms with Crippen LogP contribution in [0.1, 0.15) is 0 Å². The number of guanidine groups is 1. The van der Waals surface area contributed by atoms with E-state index in [9.17, 15) is 0 Å². The molecule has 6 nitrogen and oxygen atoms in total. The van der Waals surface area contributed by atoms with E-state index in [0.717, 1.165) is 0 Å². The average molecular weight is 215 g/mol. The number of nitrogens with zero attached hydrogens (tertiary/aromatic N) is 2. The van der Waals surface area contributed by atoms with Crippen LogP contribution in [0.5, 0.6) is 0 Å². The van der Waals surface area contributed by atoms with Gasteiger partial charge in [0.25, 0.3) is 0 Å². The zero-order chi connectivity index (χ0) is 10.3. The minimum atomic E-state index is -2.33. The van der Waals surface area contributed by atoms with Crippen LogP contribution in [0.15, 0.2) is 0 Å². The summed E-state index contributed by atoms with van der Waals surface area (Å²) in [4.78, 5) is 11.8. The molecule has 0 radical (unpaired) electrons. The largest absolute Gasteiger partial charge is 2.00 e. The molecule has 0 aromatic carbocycles. The predicted octanol–water partition coefficient (Wildman–Crippen LogP) is -2.78. The van der Waals surface area contributed by atoms with Gasteiger partial charge in [0.15, 0.2) is 5.96 Å². The van der Waals surface area contributed by atoms with Crippen molar-refractivity contribution < 1.29 is 15.0 Å². The number of carbonyl (C=O) groups is 1. The number of carbonyl (C=O) groups excluding carboxylic acids is 1. The monoisotopic (exact) mass is 215 g/mol. The summed E-state index contributed by atoms with van der Waals surface area (Å²) in [5, 5.41) is 23.9. The summed E-state index contributed by atoms with van der Waals surface area (Å²) in [6.45, 7) is 0. The second-order valence-electron chi connectivity index (χ2n) is 2.36. The van der Waals surface area contributed by atoms with Gasteiger partial charge in [0.05, 0.1) is 0 Å². The molecule has 0 fully saturated rings. The fraction of sp³-hybridized carbons (Fsp3) is 0.667. The molecule has 0 spiro atoms. The van der Waals surface area contributed by atoms with E-state index in [1.807, 2.05) is 28.2 Å². The zero-order valence-electron chi connectivity index (χ0n) is 8.33. The molecular formula is C6H13CaN3O3. The molecule has 72 valence electrons. The summed E-state index contributed by atoms with van der Waals surface area (Å²) in [5.41, 5.74) is 0. The maximum Gasteiger partial charge on any atom is 2.00 e. The molecule has 7 heteroatoms. The fourth-order valence-corrected chi connectivity index (χ4v) is 0.400. The molecule has 0 aromatic heterocycles. The van der Waals surface area contributed by atoms with Crippen molar-refractivity contribution in [2.45, 2.75) is 0 Å². The van der Waals surface area contributed by atoms with E-state index in [2.05, 4.69) is 0 Å². The van der Waals surface area contributed by atoms with Gasteiger partial charge in [-0.15, -0.1) is 0 Å². The summed E-state index contributed by atoms with van der Waals surface area (Å²) in [7, 11) is 7.40. The van der Waals surface area contributed by atoms with Gasteiger partial charge in [-0.25, -0.2) is 0 Å². The second kappa shape index (κ2) is 9.88. The van der Waals surface area contributed by atoms with Crippen LogP contribution >= 0.6 is 0 Å². The molecule has 0 unspecified atom stereocenters. The van der Waals surface area contributed by atoms with Gasteiger partial charge in [0, 0.05) is 28.2 Å². The Morgan fingerprint density at radius 2 is 1.23 bits per heavy atom. The van der Waals surface area contributed by atoms with Gasteiger partial charge in [-0.1, -0.05) is 0 Å². The zero-order valence-corrected chi connectivity index (χ0v) is 10.5. The fourth-order valence-electron chi connectivity index (χ4n) is 0.400. The third kappa shape index (κ3) is 18.6. The van der Waals surface area contributed by atoms with E-state index in [4.69, 9.17) is 20.4 Å². The van der Waals surface area contributed by atoms with E-state index in [1.54, 1.807) is 9.80 Å². The van der Waals surface area contributed by atoms with Crippen molar-refractivity contribution >= 4 is 49.9 Å². The summed E-state index contributed by atoms with van der Waals surface area (Å²) < 4.78 is 0. The van der Waals surface area contributed by atoms with Crippen LogP contribution in [0.4, 0.5) is 4.79 Å². The van der Waals surface area contributed by atoms with Crippen LogP contribution in [-0.4, -0.2) is 87.8 Å². The van der Waals surface area contributed by atoms with Gasteiger partial charge in [-0.3, -0.25) is 5.41 Å². The summed E-state index contributed by atoms with van der Waals surface area (Å²) in [5.74, 6) is 0.519. The molecule has 0 rings (SSSR count). The van der Waals surface area contributed by atoms with Crippen molar-refractivity contribution in [2.24, 2.45) is 0 Å². The van der Waals surface area contributed by atoms with Crippen LogP contribution in [0.3, 0.4) is 0 Å². The Bertz CT molecular complexity index is 147. The van der Waals surface area contributed by atoms with E-state index < -0.39 is 6.16 Å². The minimum Gasteiger partial charge on any atom is -0.652 e. The first-order chi connectivity index (χ1) is 5.29. The molecule has 0 bridgehead atoms. The summed E-state index contributed by atoms with van der Waals surface area (Å²) >= 11 is 0. The maximum absolute atomic E-state index is 8.33. The van der Waals surface area contributed by atoms with Crippen molar-refractivity contribution in [2.75, 3.05) is 28.2 Å². The van der Waals surface area contributed by atoms with Gasteiger partial charge < -0.3 is 24.8 Å². The van der Waals surface area contributed by atoms with Crippen LogP contribution in [-0.2, 0) is 0 Å². The molecule has 0 atom stereocenters. The van der Waals surface area contributed by atoms with E-state index in [1.165, 1.54) is 0 Å². The number of hydrogen-bond donors (Lipinski definition) is 1. The molecule has 0 heterocycles. The first kappa shape index (κ1) is 18.6. The topological polar surface area (TPSA) is 93.5 Å². The third-order valence-corrected chi connectivity index (χ3v) is 0.847. The quantitative estimate of drug-likeness (QED) is 0.268. The first-order valence-electron chi connectivity index (χ1n) is 3.10. The number of nitrogens with one attached hydrogen (secondary N) is 1. The third-order valence-electron chi connectivity index (χ3n) is 0.847. The van der Waals surface area contributed by atoms with Gasteiger partial charge in [-0.2, -0.15) is 0 Å². The van der Waals surface area contributed by atoms with Gasteiger partial charge in [-0.05, 0) is 6.16 Å². The molecule has 0 aromatic rings. The molecular weight excluding hydrogens is 202 g/mol. The van der Waals surface area contributed by atoms with Crippen molar-refractivity contribution in [3.63, 3.8) is 0 Å². The number of hydrogen-bond acceptors (Lipinski definition) is 4. The Balaban J connectivity index is -0.000000173. The van der Waals surface area contributed by atoms with E-state index in [0.29, 0.717) is 5.96 Å². The van der Waals surface area contributed by atoms with Crippen molar-refractivity contribution in [1.29, 1.82) is 5.41 Å². The summed E-state index contributed by atoms with van der Waals surface area (Å²) in [6.07, 6.45) is -2.33. The SMILES string of the molecule is CN(C)C(=N)N(C)C.O=C([O-])[O-].[Ca+2]. The average Bonchev–Trinajstić information content (AvgIpc) is 1.84. The molecule has 0 aliphatic heterocycles. The van der Waals surface area contributed by atoms with Crippen molar-refractivity contribution in [3.8, 4) is 0 Å². The van der Waals surface area contributed by atoms with Crippen LogP contribution in [0.2, 0.25) is 0 Å². The van der Waals surface area contributed by atoms with Gasteiger partial charge >= 0.3 is 37.7 Å². The molecule has 0 aliphatic carbocycles. The Kier molecular flexibility index (Phi) is 14.1. The number of rotatable bonds is 0. The van der Waals surface area contributed by atoms with Crippen LogP contribution in [0.25, 0.3) is 0 Å². The van der Waals surface area contributed by atoms with E-state index >= 15 is 0 Å². The minimum absolute atomic E-state index is 0. The smallest absolute Gasteiger partial charge is 0.652 e. The Hall–Kier alpha value is -0.200. The van der Waals surface area contributed by atoms with Crippen LogP contribution in [0, 0.1) is 5.41 Å². The predicted molar refractivity (Wildman–Crippen MR) is 46.3 cm³/mol. The molecule has 13 heavy (non-hydrogen) atoms. The first-order valence-corrected chi connectivity index (χ1v) is 3.10. The summed E-state index contributed by atoms with van der Waals surface area (Å²) in [6, 6.07) is 0. The molecule has 0 aliphatic rings. The standard InChI is InChI=1S/C5H13N3.CH2O3.Ca/c1-7(2)5(6)8(3)4;2-1(3)4;/h6H,1-4H3;(H2,2,3,4);/q;;+2/p-2. The second-order valence-corrected chi connectivity index (χ2v) is 2.36. The van der Waals surface area contributed by atoms with Crippen molar-refractivity contribution in [3.05, 3.63) is 0 Å². The van der Waals surface area contributed by atoms with Crippen molar-refractivity contribution in [1.82, 2.24) is 9.80 Å². The molecule has 0 saturated heterocycles. The van der Waals surface area contributed by atoms with Gasteiger partial charge in [0.1, 0.15) is 0 Å². The Morgan fingerprint density at radius 1 is 1.08 bits per heavy atom. The maximum atomic E-state index is 8.33. The van der Waals surface area contributed by atoms with E-state index in [-0.39, 0.29) is 37.7 Å².